The number of fused-ring (bicyclic) bond motifs is 1. The third kappa shape index (κ3) is 2.76. The van der Waals surface area contributed by atoms with Gasteiger partial charge in [-0.25, -0.2) is 13.1 Å². The van der Waals surface area contributed by atoms with Crippen molar-refractivity contribution in [3.63, 3.8) is 0 Å². The van der Waals surface area contributed by atoms with Gasteiger partial charge in [0, 0.05) is 18.3 Å². The van der Waals surface area contributed by atoms with Crippen LogP contribution < -0.4 is 10.0 Å². The molecule has 2 N–H and O–H groups in total. The van der Waals surface area contributed by atoms with Gasteiger partial charge in [0.2, 0.25) is 16.0 Å². The molecular formula is C12H15N5O3S2. The van der Waals surface area contributed by atoms with E-state index in [0.29, 0.717) is 10.8 Å². The molecular weight excluding hydrogens is 326 g/mol. The molecule has 3 heterocycles. The molecule has 0 saturated carbocycles. The second kappa shape index (κ2) is 5.78. The standard InChI is InChI=1S/C12H15N5O3S2/c1-13-22(19,20)8-6-9(21-7-8)11(18)14-12-16-15-10-4-2-3-5-17(10)12/h6-7,13H,2-5H2,1H3,(H,14,16,18). The molecule has 0 radical (unpaired) electrons. The molecule has 2 aromatic heterocycles. The van der Waals surface area contributed by atoms with E-state index in [9.17, 15) is 13.2 Å². The average Bonchev–Trinajstić information content (AvgIpc) is 3.15. The van der Waals surface area contributed by atoms with Crippen LogP contribution in [0.5, 0.6) is 0 Å². The van der Waals surface area contributed by atoms with Crippen molar-refractivity contribution in [2.24, 2.45) is 0 Å². The molecule has 0 bridgehead atoms. The topological polar surface area (TPSA) is 106 Å². The summed E-state index contributed by atoms with van der Waals surface area (Å²) in [7, 11) is -2.21. The Morgan fingerprint density at radius 1 is 1.36 bits per heavy atom. The van der Waals surface area contributed by atoms with Crippen LogP contribution in [0.25, 0.3) is 0 Å². The number of hydrogen-bond acceptors (Lipinski definition) is 6. The Hall–Kier alpha value is -1.78. The number of nitrogens with zero attached hydrogens (tertiary/aromatic N) is 3. The lowest BCUT2D eigenvalue weighted by Crippen LogP contribution is -2.19. The first kappa shape index (κ1) is 15.1. The number of aromatic nitrogens is 3. The van der Waals surface area contributed by atoms with Gasteiger partial charge in [-0.2, -0.15) is 0 Å². The molecule has 0 spiro atoms. The highest BCUT2D eigenvalue weighted by atomic mass is 32.2. The maximum Gasteiger partial charge on any atom is 0.268 e. The third-order valence-electron chi connectivity index (χ3n) is 3.46. The van der Waals surface area contributed by atoms with Gasteiger partial charge in [0.1, 0.15) is 5.82 Å². The largest absolute Gasteiger partial charge is 0.297 e. The summed E-state index contributed by atoms with van der Waals surface area (Å²) in [5.41, 5.74) is 0. The van der Waals surface area contributed by atoms with E-state index in [1.165, 1.54) is 18.5 Å². The normalized spacial score (nSPS) is 14.6. The molecule has 22 heavy (non-hydrogen) atoms. The molecule has 1 aliphatic rings. The summed E-state index contributed by atoms with van der Waals surface area (Å²) in [5, 5.41) is 12.2. The SMILES string of the molecule is CNS(=O)(=O)c1csc(C(=O)Nc2nnc3n2CCCC3)c1. The lowest BCUT2D eigenvalue weighted by molar-refractivity contribution is 0.102. The lowest BCUT2D eigenvalue weighted by Gasteiger charge is -2.14. The second-order valence-electron chi connectivity index (χ2n) is 4.86. The minimum Gasteiger partial charge on any atom is -0.297 e. The van der Waals surface area contributed by atoms with Crippen LogP contribution in [0.15, 0.2) is 16.3 Å². The van der Waals surface area contributed by atoms with E-state index in [1.54, 1.807) is 0 Å². The van der Waals surface area contributed by atoms with E-state index in [2.05, 4.69) is 20.2 Å². The maximum atomic E-state index is 12.2. The van der Waals surface area contributed by atoms with E-state index in [4.69, 9.17) is 0 Å². The van der Waals surface area contributed by atoms with E-state index in [1.807, 2.05) is 4.57 Å². The van der Waals surface area contributed by atoms with Gasteiger partial charge >= 0.3 is 0 Å². The van der Waals surface area contributed by atoms with E-state index < -0.39 is 10.0 Å². The van der Waals surface area contributed by atoms with Crippen molar-refractivity contribution in [1.82, 2.24) is 19.5 Å². The van der Waals surface area contributed by atoms with Crippen molar-refractivity contribution in [2.45, 2.75) is 30.7 Å². The summed E-state index contributed by atoms with van der Waals surface area (Å²) in [5.74, 6) is 0.889. The smallest absolute Gasteiger partial charge is 0.268 e. The number of thiophene rings is 1. The number of aryl methyl sites for hydroxylation is 1. The maximum absolute atomic E-state index is 12.2. The molecule has 0 aromatic carbocycles. The van der Waals surface area contributed by atoms with Crippen molar-refractivity contribution in [3.05, 3.63) is 22.1 Å². The van der Waals surface area contributed by atoms with Gasteiger partial charge in [0.15, 0.2) is 0 Å². The van der Waals surface area contributed by atoms with E-state index in [0.717, 1.165) is 43.0 Å². The molecule has 2 aromatic rings. The van der Waals surface area contributed by atoms with Crippen molar-refractivity contribution < 1.29 is 13.2 Å². The van der Waals surface area contributed by atoms with Gasteiger partial charge in [-0.15, -0.1) is 21.5 Å². The zero-order valence-electron chi connectivity index (χ0n) is 11.9. The van der Waals surface area contributed by atoms with Gasteiger partial charge in [-0.1, -0.05) is 0 Å². The predicted octanol–water partition coefficient (Wildman–Crippen LogP) is 0.836. The summed E-state index contributed by atoms with van der Waals surface area (Å²) < 4.78 is 27.5. The first-order valence-electron chi connectivity index (χ1n) is 6.77. The lowest BCUT2D eigenvalue weighted by atomic mass is 10.2. The van der Waals surface area contributed by atoms with Gasteiger partial charge < -0.3 is 0 Å². The number of sulfonamides is 1. The van der Waals surface area contributed by atoms with Crippen LogP contribution in [0.3, 0.4) is 0 Å². The zero-order chi connectivity index (χ0) is 15.7. The number of carbonyl (C=O) groups excluding carboxylic acids is 1. The van der Waals surface area contributed by atoms with Crippen LogP contribution in [0, 0.1) is 0 Å². The van der Waals surface area contributed by atoms with Crippen molar-refractivity contribution in [1.29, 1.82) is 0 Å². The second-order valence-corrected chi connectivity index (χ2v) is 7.65. The van der Waals surface area contributed by atoms with Crippen molar-refractivity contribution >= 4 is 33.2 Å². The zero-order valence-corrected chi connectivity index (χ0v) is 13.5. The average molecular weight is 341 g/mol. The molecule has 0 saturated heterocycles. The van der Waals surface area contributed by atoms with Crippen LogP contribution in [-0.2, 0) is 23.0 Å². The Labute approximate surface area is 131 Å². The molecule has 1 aliphatic heterocycles. The highest BCUT2D eigenvalue weighted by Gasteiger charge is 2.20. The molecule has 118 valence electrons. The van der Waals surface area contributed by atoms with Crippen LogP contribution >= 0.6 is 11.3 Å². The highest BCUT2D eigenvalue weighted by molar-refractivity contribution is 7.89. The van der Waals surface area contributed by atoms with Crippen LogP contribution in [0.4, 0.5) is 5.95 Å². The highest BCUT2D eigenvalue weighted by Crippen LogP contribution is 2.21. The van der Waals surface area contributed by atoms with Gasteiger partial charge in [-0.3, -0.25) is 14.7 Å². The molecule has 0 unspecified atom stereocenters. The molecule has 0 atom stereocenters. The Morgan fingerprint density at radius 2 is 2.18 bits per heavy atom. The first-order chi connectivity index (χ1) is 10.5. The molecule has 0 fully saturated rings. The number of nitrogens with one attached hydrogen (secondary N) is 2. The number of rotatable bonds is 4. The summed E-state index contributed by atoms with van der Waals surface area (Å²) >= 11 is 1.07. The third-order valence-corrected chi connectivity index (χ3v) is 5.93. The fraction of sp³-hybridized carbons (Fsp3) is 0.417. The van der Waals surface area contributed by atoms with Gasteiger partial charge in [-0.05, 0) is 26.0 Å². The Balaban J connectivity index is 1.79. The fourth-order valence-electron chi connectivity index (χ4n) is 2.26. The molecule has 3 rings (SSSR count). The molecule has 8 nitrogen and oxygen atoms in total. The Kier molecular flexibility index (Phi) is 3.98. The van der Waals surface area contributed by atoms with Crippen LogP contribution in [0.2, 0.25) is 0 Å². The number of hydrogen-bond donors (Lipinski definition) is 2. The summed E-state index contributed by atoms with van der Waals surface area (Å²) in [6.45, 7) is 0.780. The molecule has 0 aliphatic carbocycles. The monoisotopic (exact) mass is 341 g/mol. The Morgan fingerprint density at radius 3 is 2.95 bits per heavy atom. The number of anilines is 1. The van der Waals surface area contributed by atoms with Crippen molar-refractivity contribution in [2.75, 3.05) is 12.4 Å². The van der Waals surface area contributed by atoms with Crippen molar-refractivity contribution in [3.8, 4) is 0 Å². The minimum atomic E-state index is -3.54. The quantitative estimate of drug-likeness (QED) is 0.857. The van der Waals surface area contributed by atoms with Gasteiger partial charge in [0.25, 0.3) is 5.91 Å². The van der Waals surface area contributed by atoms with Crippen LogP contribution in [0.1, 0.15) is 28.3 Å². The van der Waals surface area contributed by atoms with E-state index in [-0.39, 0.29) is 10.8 Å². The van der Waals surface area contributed by atoms with E-state index >= 15 is 0 Å². The Bertz CT molecular complexity index is 809. The number of carbonyl (C=O) groups is 1. The molecule has 1 amide bonds. The van der Waals surface area contributed by atoms with Crippen LogP contribution in [-0.4, -0.2) is 36.1 Å². The summed E-state index contributed by atoms with van der Waals surface area (Å²) in [4.78, 5) is 12.6. The van der Waals surface area contributed by atoms with Gasteiger partial charge in [0.05, 0.1) is 9.77 Å². The summed E-state index contributed by atoms with van der Waals surface area (Å²) in [6, 6.07) is 1.35. The number of amides is 1. The summed E-state index contributed by atoms with van der Waals surface area (Å²) in [6.07, 6.45) is 2.95. The minimum absolute atomic E-state index is 0.0772. The predicted molar refractivity (Wildman–Crippen MR) is 81.5 cm³/mol. The molecule has 10 heteroatoms. The fourth-order valence-corrected chi connectivity index (χ4v) is 4.16. The first-order valence-corrected chi connectivity index (χ1v) is 9.13.